The van der Waals surface area contributed by atoms with Crippen LogP contribution in [0.1, 0.15) is 50.6 Å². The summed E-state index contributed by atoms with van der Waals surface area (Å²) in [6.45, 7) is 7.80. The Kier molecular flexibility index (Phi) is 3.70. The van der Waals surface area contributed by atoms with Crippen molar-refractivity contribution in [2.24, 2.45) is 10.8 Å². The SMILES string of the molecule is CC1(C)CC2CC(C)(CN2C(=O)c2cc3cc(Br)cc(Br)c3o2)C1. The van der Waals surface area contributed by atoms with E-state index in [0.29, 0.717) is 17.2 Å². The lowest BCUT2D eigenvalue weighted by molar-refractivity contribution is 0.0679. The third kappa shape index (κ3) is 2.74. The number of carbonyl (C=O) groups excluding carboxylic acids is 1. The summed E-state index contributed by atoms with van der Waals surface area (Å²) in [5, 5.41) is 0.938. The highest BCUT2D eigenvalue weighted by Crippen LogP contribution is 2.52. The summed E-state index contributed by atoms with van der Waals surface area (Å²) in [7, 11) is 0. The number of halogens is 2. The number of rotatable bonds is 1. The lowest BCUT2D eigenvalue weighted by atomic mass is 9.65. The van der Waals surface area contributed by atoms with Crippen LogP contribution in [0.4, 0.5) is 0 Å². The molecule has 2 aliphatic rings. The number of hydrogen-bond donors (Lipinski definition) is 0. The molecule has 1 aromatic carbocycles. The Balaban J connectivity index is 1.69. The molecule has 1 aromatic heterocycles. The van der Waals surface area contributed by atoms with Crippen molar-refractivity contribution < 1.29 is 9.21 Å². The molecule has 0 radical (unpaired) electrons. The van der Waals surface area contributed by atoms with Crippen LogP contribution in [0.15, 0.2) is 31.6 Å². The molecule has 0 N–H and O–H groups in total. The quantitative estimate of drug-likeness (QED) is 0.529. The van der Waals surface area contributed by atoms with Gasteiger partial charge in [0.25, 0.3) is 5.91 Å². The zero-order chi connectivity index (χ0) is 17.3. The zero-order valence-electron chi connectivity index (χ0n) is 14.2. The van der Waals surface area contributed by atoms with E-state index in [1.165, 1.54) is 6.42 Å². The summed E-state index contributed by atoms with van der Waals surface area (Å²) < 4.78 is 7.73. The molecule has 2 atom stereocenters. The number of nitrogens with zero attached hydrogens (tertiary/aromatic N) is 1. The van der Waals surface area contributed by atoms with Gasteiger partial charge in [-0.2, -0.15) is 0 Å². The van der Waals surface area contributed by atoms with E-state index in [9.17, 15) is 4.79 Å². The monoisotopic (exact) mass is 453 g/mol. The van der Waals surface area contributed by atoms with Crippen LogP contribution in [-0.2, 0) is 0 Å². The molecule has 2 unspecified atom stereocenters. The summed E-state index contributed by atoms with van der Waals surface area (Å²) in [5.41, 5.74) is 1.27. The molecule has 5 heteroatoms. The maximum absolute atomic E-state index is 13.1. The number of benzene rings is 1. The van der Waals surface area contributed by atoms with Crippen molar-refractivity contribution in [1.82, 2.24) is 4.90 Å². The van der Waals surface area contributed by atoms with Gasteiger partial charge < -0.3 is 9.32 Å². The van der Waals surface area contributed by atoms with E-state index in [2.05, 4.69) is 57.5 Å². The van der Waals surface area contributed by atoms with Crippen LogP contribution < -0.4 is 0 Å². The normalized spacial score (nSPS) is 28.5. The van der Waals surface area contributed by atoms with E-state index in [-0.39, 0.29) is 11.3 Å². The van der Waals surface area contributed by atoms with Crippen LogP contribution in [0.25, 0.3) is 11.0 Å². The highest BCUT2D eigenvalue weighted by Gasteiger charge is 2.51. The number of carbonyl (C=O) groups is 1. The molecule has 1 aliphatic carbocycles. The molecular formula is C19H21Br2NO2. The van der Waals surface area contributed by atoms with Crippen molar-refractivity contribution in [2.75, 3.05) is 6.54 Å². The first-order valence-corrected chi connectivity index (χ1v) is 9.94. The average Bonchev–Trinajstić information content (AvgIpc) is 2.95. The Hall–Kier alpha value is -0.810. The van der Waals surface area contributed by atoms with Gasteiger partial charge in [0.05, 0.1) is 4.47 Å². The van der Waals surface area contributed by atoms with E-state index >= 15 is 0 Å². The average molecular weight is 455 g/mol. The van der Waals surface area contributed by atoms with Crippen molar-refractivity contribution in [1.29, 1.82) is 0 Å². The van der Waals surface area contributed by atoms with Crippen molar-refractivity contribution in [3.8, 4) is 0 Å². The number of furan rings is 1. The van der Waals surface area contributed by atoms with Gasteiger partial charge in [0.2, 0.25) is 0 Å². The van der Waals surface area contributed by atoms with Crippen LogP contribution in [0.2, 0.25) is 0 Å². The van der Waals surface area contributed by atoms with Gasteiger partial charge in [-0.25, -0.2) is 0 Å². The second-order valence-electron chi connectivity index (χ2n) is 8.56. The van der Waals surface area contributed by atoms with Gasteiger partial charge in [-0.05, 0) is 64.2 Å². The van der Waals surface area contributed by atoms with Gasteiger partial charge in [0.1, 0.15) is 5.58 Å². The Morgan fingerprint density at radius 3 is 2.71 bits per heavy atom. The van der Waals surface area contributed by atoms with Crippen LogP contribution in [0, 0.1) is 10.8 Å². The molecule has 1 saturated carbocycles. The van der Waals surface area contributed by atoms with Gasteiger partial charge in [0.15, 0.2) is 5.76 Å². The van der Waals surface area contributed by atoms with Gasteiger partial charge in [-0.1, -0.05) is 36.7 Å². The van der Waals surface area contributed by atoms with E-state index in [4.69, 9.17) is 4.42 Å². The van der Waals surface area contributed by atoms with Crippen LogP contribution in [0.5, 0.6) is 0 Å². The Morgan fingerprint density at radius 2 is 1.96 bits per heavy atom. The van der Waals surface area contributed by atoms with Crippen LogP contribution in [0.3, 0.4) is 0 Å². The topological polar surface area (TPSA) is 33.5 Å². The van der Waals surface area contributed by atoms with E-state index in [0.717, 1.165) is 39.3 Å². The Labute approximate surface area is 159 Å². The van der Waals surface area contributed by atoms with Crippen LogP contribution >= 0.6 is 31.9 Å². The predicted octanol–water partition coefficient (Wildman–Crippen LogP) is 6.00. The number of amides is 1. The largest absolute Gasteiger partial charge is 0.450 e. The number of likely N-dealkylation sites (tertiary alicyclic amines) is 1. The van der Waals surface area contributed by atoms with Crippen molar-refractivity contribution in [3.63, 3.8) is 0 Å². The van der Waals surface area contributed by atoms with E-state index < -0.39 is 0 Å². The fourth-order valence-electron chi connectivity index (χ4n) is 5.02. The summed E-state index contributed by atoms with van der Waals surface area (Å²) in [6.07, 6.45) is 3.36. The van der Waals surface area contributed by atoms with Crippen molar-refractivity contribution >= 4 is 48.7 Å². The van der Waals surface area contributed by atoms with Crippen molar-refractivity contribution in [3.05, 3.63) is 32.9 Å². The molecule has 24 heavy (non-hydrogen) atoms. The molecular weight excluding hydrogens is 434 g/mol. The zero-order valence-corrected chi connectivity index (χ0v) is 17.3. The smallest absolute Gasteiger partial charge is 0.289 e. The highest BCUT2D eigenvalue weighted by atomic mass is 79.9. The molecule has 2 heterocycles. The maximum Gasteiger partial charge on any atom is 0.289 e. The van der Waals surface area contributed by atoms with Gasteiger partial charge in [0, 0.05) is 22.4 Å². The maximum atomic E-state index is 13.1. The minimum atomic E-state index is 0.0284. The summed E-state index contributed by atoms with van der Waals surface area (Å²) in [4.78, 5) is 15.2. The molecule has 3 nitrogen and oxygen atoms in total. The third-order valence-corrected chi connectivity index (χ3v) is 6.47. The molecule has 128 valence electrons. The van der Waals surface area contributed by atoms with Crippen molar-refractivity contribution in [2.45, 2.75) is 46.1 Å². The second kappa shape index (κ2) is 5.34. The molecule has 2 bridgehead atoms. The molecule has 1 aliphatic heterocycles. The lowest BCUT2D eigenvalue weighted by Crippen LogP contribution is -2.37. The van der Waals surface area contributed by atoms with E-state index in [1.807, 2.05) is 18.2 Å². The third-order valence-electron chi connectivity index (χ3n) is 5.42. The summed E-state index contributed by atoms with van der Waals surface area (Å²) >= 11 is 7.00. The molecule has 2 aromatic rings. The number of fused-ring (bicyclic) bond motifs is 3. The summed E-state index contributed by atoms with van der Waals surface area (Å²) in [5.74, 6) is 0.471. The van der Waals surface area contributed by atoms with Gasteiger partial charge in [-0.3, -0.25) is 4.79 Å². The number of hydrogen-bond acceptors (Lipinski definition) is 2. The van der Waals surface area contributed by atoms with Gasteiger partial charge in [-0.15, -0.1) is 0 Å². The first kappa shape index (κ1) is 16.6. The molecule has 0 spiro atoms. The summed E-state index contributed by atoms with van der Waals surface area (Å²) in [6, 6.07) is 6.11. The fraction of sp³-hybridized carbons (Fsp3) is 0.526. The Morgan fingerprint density at radius 1 is 1.21 bits per heavy atom. The minimum Gasteiger partial charge on any atom is -0.450 e. The first-order valence-electron chi connectivity index (χ1n) is 8.35. The second-order valence-corrected chi connectivity index (χ2v) is 10.3. The standard InChI is InChI=1S/C19H21Br2NO2/c1-18(2)7-13-8-19(3,9-18)10-22(13)17(23)15-5-11-4-12(20)6-14(21)16(11)24-15/h4-6,13H,7-10H2,1-3H3. The van der Waals surface area contributed by atoms with Crippen LogP contribution in [-0.4, -0.2) is 23.4 Å². The van der Waals surface area contributed by atoms with E-state index in [1.54, 1.807) is 0 Å². The van der Waals surface area contributed by atoms with Gasteiger partial charge >= 0.3 is 0 Å². The highest BCUT2D eigenvalue weighted by molar-refractivity contribution is 9.11. The fourth-order valence-corrected chi connectivity index (χ4v) is 6.36. The molecule has 1 amide bonds. The predicted molar refractivity (Wildman–Crippen MR) is 102 cm³/mol. The lowest BCUT2D eigenvalue weighted by Gasteiger charge is -2.39. The first-order chi connectivity index (χ1) is 11.2. The Bertz CT molecular complexity index is 841. The molecule has 4 rings (SSSR count). The minimum absolute atomic E-state index is 0.0284. The molecule has 2 fully saturated rings. The molecule has 1 saturated heterocycles.